The average molecular weight is 660 g/mol. The fourth-order valence-corrected chi connectivity index (χ4v) is 6.12. The summed E-state index contributed by atoms with van der Waals surface area (Å²) in [6.07, 6.45) is 1.61. The van der Waals surface area contributed by atoms with Crippen LogP contribution in [0.25, 0.3) is 6.08 Å². The lowest BCUT2D eigenvalue weighted by Gasteiger charge is -2.25. The third-order valence-corrected chi connectivity index (χ3v) is 7.75. The van der Waals surface area contributed by atoms with Crippen LogP contribution in [0.1, 0.15) is 51.8 Å². The molecule has 12 heteroatoms. The molecule has 3 aromatic rings. The first kappa shape index (κ1) is 31.0. The Morgan fingerprint density at radius 1 is 1.12 bits per heavy atom. The Balaban J connectivity index is 1.93. The number of aromatic nitrogens is 1. The van der Waals surface area contributed by atoms with Gasteiger partial charge in [0, 0.05) is 6.92 Å². The summed E-state index contributed by atoms with van der Waals surface area (Å²) >= 11 is 4.61. The van der Waals surface area contributed by atoms with Gasteiger partial charge >= 0.3 is 11.9 Å². The van der Waals surface area contributed by atoms with Crippen LogP contribution in [0.5, 0.6) is 23.0 Å². The molecule has 0 N–H and O–H groups in total. The van der Waals surface area contributed by atoms with Crippen molar-refractivity contribution in [2.24, 2.45) is 4.99 Å². The second kappa shape index (κ2) is 13.0. The normalized spacial score (nSPS) is 14.8. The lowest BCUT2D eigenvalue weighted by Crippen LogP contribution is -2.40. The number of halogens is 1. The number of nitrogens with zero attached hydrogens (tertiary/aromatic N) is 2. The summed E-state index contributed by atoms with van der Waals surface area (Å²) in [7, 11) is 2.99. The maximum atomic E-state index is 14.0. The molecule has 42 heavy (non-hydrogen) atoms. The first-order valence-corrected chi connectivity index (χ1v) is 14.7. The first-order valence-electron chi connectivity index (χ1n) is 13.1. The standard InChI is InChI=1S/C30H31BrN2O8S/c1-8-39-29(36)25-16(4)32-30-33(26(25)19-9-10-21(40-15(2)3)22(14-19)37-6)28(35)24(42-30)13-18-11-20(31)27(41-17(5)34)23(12-18)38-7/h9-15,26H,8H2,1-7H3/b24-13+/t26-/m1/s1. The van der Waals surface area contributed by atoms with Gasteiger partial charge in [-0.15, -0.1) is 0 Å². The number of carbonyl (C=O) groups excluding carboxylic acids is 2. The number of allylic oxidation sites excluding steroid dienone is 1. The molecule has 222 valence electrons. The van der Waals surface area contributed by atoms with Gasteiger partial charge in [0.2, 0.25) is 0 Å². The van der Waals surface area contributed by atoms with Crippen molar-refractivity contribution in [3.05, 3.63) is 76.9 Å². The minimum Gasteiger partial charge on any atom is -0.493 e. The summed E-state index contributed by atoms with van der Waals surface area (Å²) in [5, 5.41) is 0. The Morgan fingerprint density at radius 2 is 1.83 bits per heavy atom. The van der Waals surface area contributed by atoms with Gasteiger partial charge in [0.25, 0.3) is 5.56 Å². The Hall–Kier alpha value is -3.90. The molecule has 0 unspecified atom stereocenters. The Bertz CT molecular complexity index is 1760. The van der Waals surface area contributed by atoms with Crippen molar-refractivity contribution in [3.63, 3.8) is 0 Å². The Morgan fingerprint density at radius 3 is 2.45 bits per heavy atom. The maximum Gasteiger partial charge on any atom is 0.338 e. The molecule has 0 bridgehead atoms. The zero-order valence-corrected chi connectivity index (χ0v) is 26.7. The van der Waals surface area contributed by atoms with Gasteiger partial charge in [-0.2, -0.15) is 0 Å². The summed E-state index contributed by atoms with van der Waals surface area (Å²) in [5.41, 5.74) is 1.60. The van der Waals surface area contributed by atoms with Crippen LogP contribution in [-0.4, -0.2) is 43.4 Å². The molecule has 1 aromatic heterocycles. The average Bonchev–Trinajstić information content (AvgIpc) is 3.23. The third kappa shape index (κ3) is 6.29. The molecule has 1 aliphatic heterocycles. The van der Waals surface area contributed by atoms with Crippen molar-refractivity contribution in [1.82, 2.24) is 4.57 Å². The fraction of sp³-hybridized carbons (Fsp3) is 0.333. The fourth-order valence-electron chi connectivity index (χ4n) is 4.53. The largest absolute Gasteiger partial charge is 0.493 e. The number of esters is 2. The van der Waals surface area contributed by atoms with Crippen LogP contribution in [0.4, 0.5) is 0 Å². The third-order valence-electron chi connectivity index (χ3n) is 6.18. The monoisotopic (exact) mass is 658 g/mol. The molecule has 2 aromatic carbocycles. The van der Waals surface area contributed by atoms with Crippen molar-refractivity contribution in [3.8, 4) is 23.0 Å². The van der Waals surface area contributed by atoms with E-state index in [2.05, 4.69) is 20.9 Å². The van der Waals surface area contributed by atoms with Crippen LogP contribution in [0, 0.1) is 0 Å². The van der Waals surface area contributed by atoms with E-state index in [4.69, 9.17) is 23.7 Å². The highest BCUT2D eigenvalue weighted by Gasteiger charge is 2.34. The van der Waals surface area contributed by atoms with Gasteiger partial charge in [-0.1, -0.05) is 17.4 Å². The van der Waals surface area contributed by atoms with E-state index in [9.17, 15) is 14.4 Å². The maximum absolute atomic E-state index is 14.0. The minimum absolute atomic E-state index is 0.0820. The topological polar surface area (TPSA) is 115 Å². The van der Waals surface area contributed by atoms with E-state index in [0.717, 1.165) is 0 Å². The molecule has 1 atom stereocenters. The van der Waals surface area contributed by atoms with Crippen LogP contribution in [0.2, 0.25) is 0 Å². The smallest absolute Gasteiger partial charge is 0.338 e. The number of ether oxygens (including phenoxy) is 5. The molecule has 0 amide bonds. The number of benzene rings is 2. The second-order valence-electron chi connectivity index (χ2n) is 9.51. The van der Waals surface area contributed by atoms with Crippen molar-refractivity contribution in [1.29, 1.82) is 0 Å². The van der Waals surface area contributed by atoms with E-state index in [1.165, 1.54) is 37.0 Å². The van der Waals surface area contributed by atoms with Gasteiger partial charge < -0.3 is 23.7 Å². The summed E-state index contributed by atoms with van der Waals surface area (Å²) in [6, 6.07) is 7.87. The molecular formula is C30H31BrN2O8S. The highest BCUT2D eigenvalue weighted by molar-refractivity contribution is 9.10. The van der Waals surface area contributed by atoms with Gasteiger partial charge in [0.1, 0.15) is 0 Å². The molecule has 10 nitrogen and oxygen atoms in total. The number of rotatable bonds is 9. The van der Waals surface area contributed by atoms with Crippen LogP contribution < -0.4 is 33.8 Å². The molecule has 0 aliphatic carbocycles. The van der Waals surface area contributed by atoms with Crippen LogP contribution in [0.3, 0.4) is 0 Å². The number of carbonyl (C=O) groups is 2. The second-order valence-corrected chi connectivity index (χ2v) is 11.4. The summed E-state index contributed by atoms with van der Waals surface area (Å²) in [5.74, 6) is 0.493. The molecule has 1 aliphatic rings. The Kier molecular flexibility index (Phi) is 9.57. The van der Waals surface area contributed by atoms with Gasteiger partial charge in [-0.05, 0) is 85.1 Å². The van der Waals surface area contributed by atoms with E-state index in [0.29, 0.717) is 47.9 Å². The van der Waals surface area contributed by atoms with Crippen molar-refractivity contribution in [2.75, 3.05) is 20.8 Å². The molecule has 0 saturated heterocycles. The van der Waals surface area contributed by atoms with Gasteiger partial charge in [-0.3, -0.25) is 14.2 Å². The van der Waals surface area contributed by atoms with E-state index in [-0.39, 0.29) is 29.6 Å². The quantitative estimate of drug-likeness (QED) is 0.247. The summed E-state index contributed by atoms with van der Waals surface area (Å²) in [4.78, 5) is 43.8. The zero-order chi connectivity index (χ0) is 30.7. The van der Waals surface area contributed by atoms with E-state index >= 15 is 0 Å². The molecule has 4 rings (SSSR count). The molecule has 2 heterocycles. The highest BCUT2D eigenvalue weighted by atomic mass is 79.9. The minimum atomic E-state index is -0.822. The molecule has 0 fully saturated rings. The van der Waals surface area contributed by atoms with Gasteiger partial charge in [0.05, 0.1) is 53.2 Å². The number of hydrogen-bond donors (Lipinski definition) is 0. The lowest BCUT2D eigenvalue weighted by molar-refractivity contribution is -0.139. The predicted octanol–water partition coefficient (Wildman–Crippen LogP) is 4.29. The molecule has 0 radical (unpaired) electrons. The van der Waals surface area contributed by atoms with Crippen molar-refractivity contribution in [2.45, 2.75) is 46.8 Å². The van der Waals surface area contributed by atoms with E-state index in [1.807, 2.05) is 13.8 Å². The van der Waals surface area contributed by atoms with Crippen LogP contribution >= 0.6 is 27.3 Å². The lowest BCUT2D eigenvalue weighted by atomic mass is 9.95. The number of thiazole rings is 1. The summed E-state index contributed by atoms with van der Waals surface area (Å²) < 4.78 is 29.9. The predicted molar refractivity (Wildman–Crippen MR) is 161 cm³/mol. The SMILES string of the molecule is CCOC(=O)C1=C(C)N=c2s/c(=C/c3cc(Br)c(OC(C)=O)c(OC)c3)c(=O)n2[C@@H]1c1ccc(OC(C)C)c(OC)c1. The first-order chi connectivity index (χ1) is 20.0. The van der Waals surface area contributed by atoms with E-state index < -0.39 is 18.0 Å². The van der Waals surface area contributed by atoms with Crippen molar-refractivity contribution >= 4 is 45.3 Å². The van der Waals surface area contributed by atoms with E-state index in [1.54, 1.807) is 50.3 Å². The van der Waals surface area contributed by atoms with Crippen LogP contribution in [-0.2, 0) is 14.3 Å². The molecule has 0 saturated carbocycles. The van der Waals surface area contributed by atoms with Gasteiger partial charge in [-0.25, -0.2) is 9.79 Å². The van der Waals surface area contributed by atoms with Crippen molar-refractivity contribution < 1.29 is 33.3 Å². The van der Waals surface area contributed by atoms with Gasteiger partial charge in [0.15, 0.2) is 27.8 Å². The zero-order valence-electron chi connectivity index (χ0n) is 24.3. The Labute approximate surface area is 255 Å². The number of fused-ring (bicyclic) bond motifs is 1. The summed E-state index contributed by atoms with van der Waals surface area (Å²) in [6.45, 7) is 8.72. The molecule has 0 spiro atoms. The van der Waals surface area contributed by atoms with Crippen LogP contribution in [0.15, 0.2) is 55.9 Å². The molecular weight excluding hydrogens is 628 g/mol. The number of hydrogen-bond acceptors (Lipinski definition) is 10. The highest BCUT2D eigenvalue weighted by Crippen LogP contribution is 2.38. The number of methoxy groups -OCH3 is 2.